The predicted octanol–water partition coefficient (Wildman–Crippen LogP) is 1.12. The molecule has 0 saturated heterocycles. The van der Waals surface area contributed by atoms with E-state index in [1.54, 1.807) is 32.2 Å². The van der Waals surface area contributed by atoms with E-state index in [1.807, 2.05) is 0 Å². The van der Waals surface area contributed by atoms with Crippen molar-refractivity contribution in [1.29, 1.82) is 0 Å². The molecule has 0 radical (unpaired) electrons. The number of nitrogens with two attached hydrogens (primary N) is 1. The van der Waals surface area contributed by atoms with Crippen molar-refractivity contribution in [2.45, 2.75) is 17.0 Å². The van der Waals surface area contributed by atoms with Gasteiger partial charge in [0.05, 0.1) is 12.2 Å². The molecule has 19 heavy (non-hydrogen) atoms. The number of nitrogens with zero attached hydrogens (tertiary/aromatic N) is 4. The highest BCUT2D eigenvalue weighted by Crippen LogP contribution is 2.31. The quantitative estimate of drug-likeness (QED) is 0.661. The fourth-order valence-corrected chi connectivity index (χ4v) is 2.18. The van der Waals surface area contributed by atoms with Crippen molar-refractivity contribution < 1.29 is 9.53 Å². The van der Waals surface area contributed by atoms with Crippen molar-refractivity contribution in [1.82, 2.24) is 20.2 Å². The zero-order valence-electron chi connectivity index (χ0n) is 10.5. The lowest BCUT2D eigenvalue weighted by molar-refractivity contribution is 0.0526. The first-order valence-electron chi connectivity index (χ1n) is 5.58. The monoisotopic (exact) mass is 279 g/mol. The molecule has 0 saturated carbocycles. The Morgan fingerprint density at radius 1 is 1.53 bits per heavy atom. The van der Waals surface area contributed by atoms with Gasteiger partial charge in [0.1, 0.15) is 0 Å². The van der Waals surface area contributed by atoms with Crippen LogP contribution in [0.25, 0.3) is 0 Å². The van der Waals surface area contributed by atoms with Crippen molar-refractivity contribution in [3.05, 3.63) is 23.8 Å². The average Bonchev–Trinajstić information content (AvgIpc) is 2.78. The van der Waals surface area contributed by atoms with Gasteiger partial charge >= 0.3 is 5.97 Å². The lowest BCUT2D eigenvalue weighted by atomic mass is 10.2. The Hall–Kier alpha value is -2.09. The van der Waals surface area contributed by atoms with E-state index in [2.05, 4.69) is 15.5 Å². The molecule has 100 valence electrons. The van der Waals surface area contributed by atoms with E-state index in [9.17, 15) is 4.79 Å². The molecule has 7 nitrogen and oxygen atoms in total. The lowest BCUT2D eigenvalue weighted by Crippen LogP contribution is -2.05. The molecule has 0 atom stereocenters. The number of rotatable bonds is 4. The summed E-state index contributed by atoms with van der Waals surface area (Å²) in [6.45, 7) is 2.09. The van der Waals surface area contributed by atoms with E-state index in [-0.39, 0.29) is 5.97 Å². The lowest BCUT2D eigenvalue weighted by Gasteiger charge is -2.07. The van der Waals surface area contributed by atoms with Crippen LogP contribution in [-0.2, 0) is 11.8 Å². The average molecular weight is 279 g/mol. The molecule has 0 amide bonds. The molecule has 2 aromatic rings. The number of anilines is 1. The third-order valence-corrected chi connectivity index (χ3v) is 3.41. The van der Waals surface area contributed by atoms with E-state index in [4.69, 9.17) is 10.5 Å². The zero-order chi connectivity index (χ0) is 13.8. The number of aromatic nitrogens is 4. The summed E-state index contributed by atoms with van der Waals surface area (Å²) in [4.78, 5) is 12.4. The highest BCUT2D eigenvalue weighted by molar-refractivity contribution is 7.99. The van der Waals surface area contributed by atoms with Gasteiger partial charge < -0.3 is 10.5 Å². The van der Waals surface area contributed by atoms with Gasteiger partial charge in [-0.2, -0.15) is 0 Å². The normalized spacial score (nSPS) is 10.4. The number of benzene rings is 1. The summed E-state index contributed by atoms with van der Waals surface area (Å²) in [5.74, 6) is -0.375. The van der Waals surface area contributed by atoms with E-state index < -0.39 is 0 Å². The van der Waals surface area contributed by atoms with E-state index in [0.29, 0.717) is 27.9 Å². The molecule has 0 aliphatic heterocycles. The number of nitrogen functional groups attached to an aromatic ring is 1. The molecular weight excluding hydrogens is 266 g/mol. The summed E-state index contributed by atoms with van der Waals surface area (Å²) in [6.07, 6.45) is 0. The molecule has 0 fully saturated rings. The third-order valence-electron chi connectivity index (χ3n) is 2.31. The minimum absolute atomic E-state index is 0.332. The van der Waals surface area contributed by atoms with Crippen LogP contribution >= 0.6 is 11.8 Å². The topological polar surface area (TPSA) is 95.9 Å². The Bertz CT molecular complexity index is 599. The Labute approximate surface area is 114 Å². The van der Waals surface area contributed by atoms with Gasteiger partial charge in [-0.25, -0.2) is 9.48 Å². The maximum atomic E-state index is 11.7. The van der Waals surface area contributed by atoms with Crippen molar-refractivity contribution in [3.8, 4) is 0 Å². The third kappa shape index (κ3) is 3.02. The fourth-order valence-electron chi connectivity index (χ4n) is 1.37. The minimum atomic E-state index is -0.375. The molecule has 1 aromatic carbocycles. The van der Waals surface area contributed by atoms with Gasteiger partial charge in [0.2, 0.25) is 5.16 Å². The van der Waals surface area contributed by atoms with Gasteiger partial charge in [-0.3, -0.25) is 0 Å². The molecule has 2 N–H and O–H groups in total. The van der Waals surface area contributed by atoms with E-state index in [0.717, 1.165) is 0 Å². The van der Waals surface area contributed by atoms with E-state index >= 15 is 0 Å². The van der Waals surface area contributed by atoms with Crippen LogP contribution in [0.1, 0.15) is 17.3 Å². The molecule has 0 spiro atoms. The van der Waals surface area contributed by atoms with Crippen molar-refractivity contribution >= 4 is 23.4 Å². The van der Waals surface area contributed by atoms with Crippen molar-refractivity contribution in [2.75, 3.05) is 12.3 Å². The van der Waals surface area contributed by atoms with Crippen LogP contribution in [0, 0.1) is 0 Å². The largest absolute Gasteiger partial charge is 0.462 e. The zero-order valence-corrected chi connectivity index (χ0v) is 11.3. The van der Waals surface area contributed by atoms with Crippen LogP contribution in [0.5, 0.6) is 0 Å². The van der Waals surface area contributed by atoms with Crippen LogP contribution in [-0.4, -0.2) is 32.8 Å². The Morgan fingerprint density at radius 2 is 2.32 bits per heavy atom. The minimum Gasteiger partial charge on any atom is -0.462 e. The van der Waals surface area contributed by atoms with Crippen LogP contribution in [0.15, 0.2) is 28.3 Å². The number of hydrogen-bond acceptors (Lipinski definition) is 7. The molecule has 2 rings (SSSR count). The Balaban J connectivity index is 2.27. The number of esters is 1. The summed E-state index contributed by atoms with van der Waals surface area (Å²) < 4.78 is 6.48. The molecular formula is C11H13N5O2S. The summed E-state index contributed by atoms with van der Waals surface area (Å²) in [5, 5.41) is 11.7. The molecule has 1 aromatic heterocycles. The Morgan fingerprint density at radius 3 is 2.95 bits per heavy atom. The summed E-state index contributed by atoms with van der Waals surface area (Å²) in [6, 6.07) is 4.97. The number of aryl methyl sites for hydroxylation is 1. The van der Waals surface area contributed by atoms with Crippen molar-refractivity contribution in [2.24, 2.45) is 7.05 Å². The molecule has 8 heteroatoms. The second-order valence-corrected chi connectivity index (χ2v) is 4.67. The highest BCUT2D eigenvalue weighted by Gasteiger charge is 2.12. The SMILES string of the molecule is CCOC(=O)c1ccc(N)c(Sc2nnnn2C)c1. The Kier molecular flexibility index (Phi) is 4.00. The smallest absolute Gasteiger partial charge is 0.338 e. The summed E-state index contributed by atoms with van der Waals surface area (Å²) in [7, 11) is 1.73. The predicted molar refractivity (Wildman–Crippen MR) is 69.7 cm³/mol. The molecule has 1 heterocycles. The molecule has 0 aliphatic rings. The van der Waals surface area contributed by atoms with Gasteiger partial charge in [0, 0.05) is 17.6 Å². The number of hydrogen-bond donors (Lipinski definition) is 1. The van der Waals surface area contributed by atoms with Gasteiger partial charge in [-0.05, 0) is 47.3 Å². The summed E-state index contributed by atoms with van der Waals surface area (Å²) >= 11 is 1.29. The van der Waals surface area contributed by atoms with Crippen molar-refractivity contribution in [3.63, 3.8) is 0 Å². The first-order chi connectivity index (χ1) is 9.11. The molecule has 0 unspecified atom stereocenters. The second kappa shape index (κ2) is 5.70. The standard InChI is InChI=1S/C11H13N5O2S/c1-3-18-10(17)7-4-5-8(12)9(6-7)19-11-13-14-15-16(11)2/h4-6H,3,12H2,1-2H3. The van der Waals surface area contributed by atoms with Crippen LogP contribution in [0.4, 0.5) is 5.69 Å². The highest BCUT2D eigenvalue weighted by atomic mass is 32.2. The number of carbonyl (C=O) groups is 1. The van der Waals surface area contributed by atoms with Gasteiger partial charge in [-0.15, -0.1) is 5.10 Å². The van der Waals surface area contributed by atoms with Crippen LogP contribution in [0.3, 0.4) is 0 Å². The van der Waals surface area contributed by atoms with Crippen LogP contribution in [0.2, 0.25) is 0 Å². The molecule has 0 aliphatic carbocycles. The maximum Gasteiger partial charge on any atom is 0.338 e. The first kappa shape index (κ1) is 13.3. The first-order valence-corrected chi connectivity index (χ1v) is 6.40. The number of tetrazole rings is 1. The van der Waals surface area contributed by atoms with E-state index in [1.165, 1.54) is 16.4 Å². The van der Waals surface area contributed by atoms with Gasteiger partial charge in [0.15, 0.2) is 0 Å². The number of carbonyl (C=O) groups excluding carboxylic acids is 1. The second-order valence-electron chi connectivity index (χ2n) is 3.66. The van der Waals surface area contributed by atoms with Crippen LogP contribution < -0.4 is 5.73 Å². The molecule has 0 bridgehead atoms. The number of ether oxygens (including phenoxy) is 1. The fraction of sp³-hybridized carbons (Fsp3) is 0.273. The van der Waals surface area contributed by atoms with Gasteiger partial charge in [-0.1, -0.05) is 0 Å². The summed E-state index contributed by atoms with van der Waals surface area (Å²) in [5.41, 5.74) is 6.89. The van der Waals surface area contributed by atoms with Gasteiger partial charge in [0.25, 0.3) is 0 Å². The maximum absolute atomic E-state index is 11.7.